The third kappa shape index (κ3) is 5.26. The Balaban J connectivity index is 1.51. The van der Waals surface area contributed by atoms with E-state index in [1.165, 1.54) is 6.21 Å². The van der Waals surface area contributed by atoms with Gasteiger partial charge in [0.25, 0.3) is 5.91 Å². The maximum atomic E-state index is 12.6. The van der Waals surface area contributed by atoms with E-state index in [1.54, 1.807) is 25.1 Å². The van der Waals surface area contributed by atoms with Crippen LogP contribution in [0.25, 0.3) is 16.9 Å². The molecule has 0 bridgehead atoms. The van der Waals surface area contributed by atoms with Gasteiger partial charge in [0.15, 0.2) is 11.5 Å². The van der Waals surface area contributed by atoms with Crippen molar-refractivity contribution in [1.29, 1.82) is 0 Å². The van der Waals surface area contributed by atoms with Gasteiger partial charge in [-0.15, -0.1) is 0 Å². The number of amides is 1. The maximum absolute atomic E-state index is 12.6. The SMILES string of the molecule is CCOc1cc(/C=N/NC(=O)c2ccc(-n3c(C)ccc3-c3ccccc3)cc2)c(Br)c(Cl)c1O. The molecule has 6 nitrogen and oxygen atoms in total. The topological polar surface area (TPSA) is 75.8 Å². The number of carbonyl (C=O) groups is 1. The Bertz CT molecular complexity index is 1380. The third-order valence-corrected chi connectivity index (χ3v) is 6.83. The summed E-state index contributed by atoms with van der Waals surface area (Å²) < 4.78 is 7.98. The first kappa shape index (κ1) is 24.6. The van der Waals surface area contributed by atoms with E-state index in [0.717, 1.165) is 22.6 Å². The molecule has 0 spiro atoms. The van der Waals surface area contributed by atoms with Crippen LogP contribution in [0.3, 0.4) is 0 Å². The van der Waals surface area contributed by atoms with Gasteiger partial charge in [-0.1, -0.05) is 41.9 Å². The lowest BCUT2D eigenvalue weighted by Gasteiger charge is -2.13. The molecule has 0 aliphatic carbocycles. The van der Waals surface area contributed by atoms with Gasteiger partial charge < -0.3 is 14.4 Å². The average Bonchev–Trinajstić information content (AvgIpc) is 3.27. The zero-order valence-corrected chi connectivity index (χ0v) is 21.5. The van der Waals surface area contributed by atoms with E-state index in [2.05, 4.69) is 55.3 Å². The summed E-state index contributed by atoms with van der Waals surface area (Å²) >= 11 is 9.48. The minimum Gasteiger partial charge on any atom is -0.503 e. The molecule has 0 saturated heterocycles. The van der Waals surface area contributed by atoms with Crippen LogP contribution in [0.4, 0.5) is 0 Å². The summed E-state index contributed by atoms with van der Waals surface area (Å²) in [5.41, 5.74) is 7.77. The van der Waals surface area contributed by atoms with Crippen molar-refractivity contribution in [2.45, 2.75) is 13.8 Å². The van der Waals surface area contributed by atoms with Crippen LogP contribution in [-0.4, -0.2) is 28.4 Å². The fourth-order valence-electron chi connectivity index (χ4n) is 3.67. The van der Waals surface area contributed by atoms with Gasteiger partial charge in [-0.3, -0.25) is 4.79 Å². The molecule has 0 aliphatic rings. The van der Waals surface area contributed by atoms with Gasteiger partial charge in [-0.05, 0) is 77.8 Å². The number of rotatable bonds is 7. The molecule has 8 heteroatoms. The zero-order chi connectivity index (χ0) is 24.9. The highest BCUT2D eigenvalue weighted by molar-refractivity contribution is 9.10. The van der Waals surface area contributed by atoms with Crippen molar-refractivity contribution in [3.05, 3.63) is 99.1 Å². The monoisotopic (exact) mass is 551 g/mol. The van der Waals surface area contributed by atoms with Gasteiger partial charge in [-0.2, -0.15) is 5.10 Å². The Labute approximate surface area is 217 Å². The standard InChI is InChI=1S/C27H23BrClN3O3/c1-3-35-23-15-20(24(28)25(29)26(23)33)16-30-31-27(34)19-10-12-21(13-11-19)32-17(2)9-14-22(32)18-7-5-4-6-8-18/h4-16,33H,3H2,1-2H3,(H,31,34)/b30-16+. The lowest BCUT2D eigenvalue weighted by Crippen LogP contribution is -2.17. The molecular weight excluding hydrogens is 530 g/mol. The summed E-state index contributed by atoms with van der Waals surface area (Å²) in [4.78, 5) is 12.6. The third-order valence-electron chi connectivity index (χ3n) is 5.38. The number of nitrogens with zero attached hydrogens (tertiary/aromatic N) is 2. The molecule has 4 rings (SSSR count). The van der Waals surface area contributed by atoms with Gasteiger partial charge >= 0.3 is 0 Å². The van der Waals surface area contributed by atoms with Crippen molar-refractivity contribution in [3.8, 4) is 28.4 Å². The van der Waals surface area contributed by atoms with Crippen LogP contribution in [0.15, 0.2) is 82.4 Å². The minimum atomic E-state index is -0.355. The molecule has 2 N–H and O–H groups in total. The van der Waals surface area contributed by atoms with Crippen LogP contribution in [0, 0.1) is 6.92 Å². The van der Waals surface area contributed by atoms with Gasteiger partial charge in [0.1, 0.15) is 5.02 Å². The van der Waals surface area contributed by atoms with Gasteiger partial charge in [-0.25, -0.2) is 5.43 Å². The van der Waals surface area contributed by atoms with Gasteiger partial charge in [0.05, 0.1) is 18.5 Å². The van der Waals surface area contributed by atoms with Crippen molar-refractivity contribution in [2.75, 3.05) is 6.61 Å². The molecule has 0 aliphatic heterocycles. The summed E-state index contributed by atoms with van der Waals surface area (Å²) in [6.45, 7) is 4.21. The Morgan fingerprint density at radius 2 is 1.86 bits per heavy atom. The molecular formula is C27H23BrClN3O3. The van der Waals surface area contributed by atoms with Crippen LogP contribution in [0.1, 0.15) is 28.5 Å². The number of nitrogens with one attached hydrogen (secondary N) is 1. The first-order valence-corrected chi connectivity index (χ1v) is 12.1. The maximum Gasteiger partial charge on any atom is 0.271 e. The number of phenolic OH excluding ortho intramolecular Hbond substituents is 1. The molecule has 0 fully saturated rings. The molecule has 0 saturated carbocycles. The van der Waals surface area contributed by atoms with Crippen LogP contribution in [0.2, 0.25) is 5.02 Å². The van der Waals surface area contributed by atoms with E-state index in [-0.39, 0.29) is 22.4 Å². The predicted octanol–water partition coefficient (Wildman–Crippen LogP) is 6.74. The van der Waals surface area contributed by atoms with Crippen molar-refractivity contribution >= 4 is 39.7 Å². The molecule has 1 amide bonds. The highest BCUT2D eigenvalue weighted by Gasteiger charge is 2.15. The summed E-state index contributed by atoms with van der Waals surface area (Å²) in [6, 6.07) is 23.2. The highest BCUT2D eigenvalue weighted by atomic mass is 79.9. The number of carbonyl (C=O) groups excluding carboxylic acids is 1. The van der Waals surface area contributed by atoms with E-state index in [9.17, 15) is 9.90 Å². The Morgan fingerprint density at radius 1 is 1.14 bits per heavy atom. The number of aromatic hydroxyl groups is 1. The highest BCUT2D eigenvalue weighted by Crippen LogP contribution is 2.41. The van der Waals surface area contributed by atoms with E-state index in [0.29, 0.717) is 22.2 Å². The van der Waals surface area contributed by atoms with Crippen LogP contribution >= 0.6 is 27.5 Å². The molecule has 4 aromatic rings. The second-order valence-electron chi connectivity index (χ2n) is 7.68. The van der Waals surface area contributed by atoms with E-state index >= 15 is 0 Å². The lowest BCUT2D eigenvalue weighted by molar-refractivity contribution is 0.0955. The number of aromatic nitrogens is 1. The first-order valence-electron chi connectivity index (χ1n) is 10.9. The summed E-state index contributed by atoms with van der Waals surface area (Å²) in [7, 11) is 0. The zero-order valence-electron chi connectivity index (χ0n) is 19.1. The largest absolute Gasteiger partial charge is 0.503 e. The number of hydrazone groups is 1. The number of ether oxygens (including phenoxy) is 1. The van der Waals surface area contributed by atoms with E-state index in [1.807, 2.05) is 37.3 Å². The fraction of sp³-hybridized carbons (Fsp3) is 0.111. The minimum absolute atomic E-state index is 0.106. The van der Waals surface area contributed by atoms with Crippen LogP contribution in [0.5, 0.6) is 11.5 Å². The molecule has 178 valence electrons. The molecule has 1 heterocycles. The van der Waals surface area contributed by atoms with Crippen molar-refractivity contribution in [2.24, 2.45) is 5.10 Å². The van der Waals surface area contributed by atoms with Crippen molar-refractivity contribution in [1.82, 2.24) is 9.99 Å². The summed E-state index contributed by atoms with van der Waals surface area (Å²) in [5.74, 6) is -0.277. The lowest BCUT2D eigenvalue weighted by atomic mass is 10.1. The number of halogens is 2. The normalized spacial score (nSPS) is 11.1. The van der Waals surface area contributed by atoms with Gasteiger partial charge in [0.2, 0.25) is 0 Å². The number of hydrogen-bond acceptors (Lipinski definition) is 4. The fourth-order valence-corrected chi connectivity index (χ4v) is 4.28. The smallest absolute Gasteiger partial charge is 0.271 e. The quantitative estimate of drug-likeness (QED) is 0.197. The number of phenols is 1. The van der Waals surface area contributed by atoms with Crippen molar-refractivity contribution in [3.63, 3.8) is 0 Å². The second kappa shape index (κ2) is 10.8. The molecule has 0 atom stereocenters. The molecule has 35 heavy (non-hydrogen) atoms. The predicted molar refractivity (Wildman–Crippen MR) is 143 cm³/mol. The van der Waals surface area contributed by atoms with Crippen LogP contribution in [-0.2, 0) is 0 Å². The molecule has 3 aromatic carbocycles. The average molecular weight is 553 g/mol. The van der Waals surface area contributed by atoms with E-state index in [4.69, 9.17) is 16.3 Å². The van der Waals surface area contributed by atoms with Gasteiger partial charge in [0, 0.05) is 27.0 Å². The number of hydrogen-bond donors (Lipinski definition) is 2. The van der Waals surface area contributed by atoms with Crippen molar-refractivity contribution < 1.29 is 14.6 Å². The number of benzene rings is 3. The first-order chi connectivity index (χ1) is 16.9. The second-order valence-corrected chi connectivity index (χ2v) is 8.85. The Morgan fingerprint density at radius 3 is 2.54 bits per heavy atom. The molecule has 1 aromatic heterocycles. The van der Waals surface area contributed by atoms with E-state index < -0.39 is 0 Å². The van der Waals surface area contributed by atoms with Crippen LogP contribution < -0.4 is 10.2 Å². The molecule has 0 unspecified atom stereocenters. The Kier molecular flexibility index (Phi) is 7.58. The Hall–Kier alpha value is -3.55. The summed E-state index contributed by atoms with van der Waals surface area (Å²) in [6.07, 6.45) is 1.43. The molecule has 0 radical (unpaired) electrons. The number of aryl methyl sites for hydroxylation is 1. The summed E-state index contributed by atoms with van der Waals surface area (Å²) in [5, 5.41) is 14.2.